The molecule has 3 heterocycles. The van der Waals surface area contributed by atoms with E-state index in [0.717, 1.165) is 17.8 Å². The van der Waals surface area contributed by atoms with Gasteiger partial charge in [-0.1, -0.05) is 41.8 Å². The third-order valence-corrected chi connectivity index (χ3v) is 6.98. The predicted octanol–water partition coefficient (Wildman–Crippen LogP) is 5.77. The van der Waals surface area contributed by atoms with Gasteiger partial charge in [-0.25, -0.2) is 24.3 Å². The van der Waals surface area contributed by atoms with Crippen molar-refractivity contribution in [3.63, 3.8) is 0 Å². The van der Waals surface area contributed by atoms with Crippen LogP contribution in [0.3, 0.4) is 0 Å². The predicted molar refractivity (Wildman–Crippen MR) is 150 cm³/mol. The second-order valence-electron chi connectivity index (χ2n) is 8.88. The molecule has 212 valence electrons. The number of halogens is 4. The van der Waals surface area contributed by atoms with Crippen LogP contribution in [0, 0.1) is 23.1 Å². The Kier molecular flexibility index (Phi) is 8.19. The first-order chi connectivity index (χ1) is 20.1. The van der Waals surface area contributed by atoms with Gasteiger partial charge in [-0.2, -0.15) is 13.2 Å². The van der Waals surface area contributed by atoms with Crippen LogP contribution >= 0.6 is 11.8 Å². The van der Waals surface area contributed by atoms with E-state index in [4.69, 9.17) is 15.9 Å². The van der Waals surface area contributed by atoms with Crippen LogP contribution in [0.5, 0.6) is 5.75 Å². The molecule has 1 unspecified atom stereocenters. The molecular weight excluding hydrogens is 570 g/mol. The van der Waals surface area contributed by atoms with Crippen molar-refractivity contribution in [1.29, 1.82) is 5.41 Å². The Morgan fingerprint density at radius 1 is 1.12 bits per heavy atom. The van der Waals surface area contributed by atoms with Gasteiger partial charge in [-0.15, -0.1) is 0 Å². The van der Waals surface area contributed by atoms with Crippen molar-refractivity contribution in [2.75, 3.05) is 7.11 Å². The number of benzene rings is 2. The van der Waals surface area contributed by atoms with Gasteiger partial charge in [-0.3, -0.25) is 5.41 Å². The Bertz CT molecular complexity index is 1780. The van der Waals surface area contributed by atoms with Gasteiger partial charge in [-0.05, 0) is 29.8 Å². The molecule has 2 aromatic carbocycles. The number of aromatic nitrogens is 5. The molecule has 0 radical (unpaired) electrons. The zero-order valence-corrected chi connectivity index (χ0v) is 22.7. The van der Waals surface area contributed by atoms with Crippen LogP contribution in [0.4, 0.5) is 17.6 Å². The fourth-order valence-corrected chi connectivity index (χ4v) is 5.00. The molecule has 3 aromatic rings. The zero-order valence-electron chi connectivity index (χ0n) is 21.9. The largest absolute Gasteiger partial charge is 0.497 e. The quantitative estimate of drug-likeness (QED) is 0.0847. The molecule has 8 nitrogen and oxygen atoms in total. The first kappa shape index (κ1) is 28.7. The lowest BCUT2D eigenvalue weighted by molar-refractivity contribution is -0.138. The molecule has 0 spiro atoms. The van der Waals surface area contributed by atoms with E-state index in [1.807, 2.05) is 0 Å². The Morgan fingerprint density at radius 2 is 1.88 bits per heavy atom. The second kappa shape index (κ2) is 12.0. The normalized spacial score (nSPS) is 12.0. The van der Waals surface area contributed by atoms with Crippen LogP contribution in [-0.4, -0.2) is 36.7 Å². The minimum Gasteiger partial charge on any atom is -0.497 e. The van der Waals surface area contributed by atoms with Gasteiger partial charge in [0.1, 0.15) is 29.3 Å². The summed E-state index contributed by atoms with van der Waals surface area (Å²) in [6.07, 6.45) is 2.87. The average Bonchev–Trinajstić information content (AvgIpc) is 3.33. The molecule has 3 N–H and O–H groups in total. The first-order valence-electron chi connectivity index (χ1n) is 12.3. The van der Waals surface area contributed by atoms with Gasteiger partial charge in [0.2, 0.25) is 0 Å². The van der Waals surface area contributed by atoms with Gasteiger partial charge < -0.3 is 15.0 Å². The first-order valence-corrected chi connectivity index (χ1v) is 13.1. The Balaban J connectivity index is 1.43. The lowest BCUT2D eigenvalue weighted by atomic mass is 10.1. The van der Waals surface area contributed by atoms with Crippen molar-refractivity contribution in [2.24, 2.45) is 5.73 Å². The molecule has 42 heavy (non-hydrogen) atoms. The number of ether oxygens (including phenoxy) is 1. The molecule has 0 saturated heterocycles. The van der Waals surface area contributed by atoms with Crippen LogP contribution < -0.4 is 10.5 Å². The lowest BCUT2D eigenvalue weighted by Crippen LogP contribution is -2.18. The van der Waals surface area contributed by atoms with Crippen molar-refractivity contribution < 1.29 is 22.3 Å². The van der Waals surface area contributed by atoms with E-state index in [9.17, 15) is 17.6 Å². The highest BCUT2D eigenvalue weighted by atomic mass is 32.2. The van der Waals surface area contributed by atoms with Crippen molar-refractivity contribution in [2.45, 2.75) is 18.1 Å². The maximum Gasteiger partial charge on any atom is 0.416 e. The summed E-state index contributed by atoms with van der Waals surface area (Å²) in [7, 11) is 1.27. The SMILES string of the molecule is COc1ccc(C(N)SC(=N)Cn2cnc3c(C#Cc4cncnc4)c(-c4ccccc4F)nc-3c2)c(C(F)(F)F)c1. The molecule has 1 aromatic heterocycles. The molecule has 0 fully saturated rings. The molecule has 2 aliphatic heterocycles. The minimum absolute atomic E-state index is 0.0115. The molecule has 0 amide bonds. The topological polar surface area (TPSA) is 116 Å². The van der Waals surface area contributed by atoms with E-state index in [-0.39, 0.29) is 28.5 Å². The molecule has 0 bridgehead atoms. The Morgan fingerprint density at radius 3 is 2.60 bits per heavy atom. The summed E-state index contributed by atoms with van der Waals surface area (Å²) in [5, 5.41) is 7.24. The van der Waals surface area contributed by atoms with Gasteiger partial charge in [0.25, 0.3) is 0 Å². The monoisotopic (exact) mass is 591 g/mol. The van der Waals surface area contributed by atoms with E-state index in [2.05, 4.69) is 31.8 Å². The third kappa shape index (κ3) is 6.24. The molecule has 2 aliphatic rings. The summed E-state index contributed by atoms with van der Waals surface area (Å²) in [5.74, 6) is 5.53. The number of thioether (sulfide) groups is 1. The van der Waals surface area contributed by atoms with Gasteiger partial charge in [0.15, 0.2) is 0 Å². The highest BCUT2D eigenvalue weighted by Crippen LogP contribution is 2.39. The van der Waals surface area contributed by atoms with Crippen molar-refractivity contribution in [1.82, 2.24) is 24.5 Å². The molecule has 0 aliphatic carbocycles. The van der Waals surface area contributed by atoms with Crippen molar-refractivity contribution in [3.05, 3.63) is 102 Å². The maximum atomic E-state index is 14.8. The van der Waals surface area contributed by atoms with Gasteiger partial charge in [0, 0.05) is 24.2 Å². The highest BCUT2D eigenvalue weighted by Gasteiger charge is 2.35. The van der Waals surface area contributed by atoms with Gasteiger partial charge in [0.05, 0.1) is 52.8 Å². The van der Waals surface area contributed by atoms with E-state index in [1.54, 1.807) is 41.4 Å². The second-order valence-corrected chi connectivity index (χ2v) is 10.1. The van der Waals surface area contributed by atoms with E-state index in [1.165, 1.54) is 38.0 Å². The minimum atomic E-state index is -4.65. The number of nitrogens with one attached hydrogen (secondary N) is 1. The Hall–Kier alpha value is -4.80. The fourth-order valence-electron chi connectivity index (χ4n) is 4.14. The molecule has 0 saturated carbocycles. The van der Waals surface area contributed by atoms with Crippen LogP contribution in [0.15, 0.2) is 73.7 Å². The summed E-state index contributed by atoms with van der Waals surface area (Å²) in [6, 6.07) is 9.67. The summed E-state index contributed by atoms with van der Waals surface area (Å²) in [4.78, 5) is 17.0. The number of hydrogen-bond donors (Lipinski definition) is 2. The number of alkyl halides is 3. The third-order valence-electron chi connectivity index (χ3n) is 6.06. The number of fused-ring (bicyclic) bond motifs is 1. The van der Waals surface area contributed by atoms with E-state index < -0.39 is 22.9 Å². The van der Waals surface area contributed by atoms with Crippen LogP contribution in [0.2, 0.25) is 0 Å². The van der Waals surface area contributed by atoms with E-state index >= 15 is 0 Å². The van der Waals surface area contributed by atoms with Gasteiger partial charge >= 0.3 is 6.18 Å². The van der Waals surface area contributed by atoms with Crippen molar-refractivity contribution in [3.8, 4) is 40.2 Å². The highest BCUT2D eigenvalue weighted by molar-refractivity contribution is 8.13. The lowest BCUT2D eigenvalue weighted by Gasteiger charge is -2.19. The summed E-state index contributed by atoms with van der Waals surface area (Å²) in [5.41, 5.74) is 7.28. The zero-order chi connectivity index (χ0) is 29.9. The Labute approximate surface area is 241 Å². The van der Waals surface area contributed by atoms with Crippen LogP contribution in [0.25, 0.3) is 22.6 Å². The fraction of sp³-hybridized carbons (Fsp3) is 0.138. The molecular formula is C29H21F4N7OS. The maximum absolute atomic E-state index is 14.8. The van der Waals surface area contributed by atoms with E-state index in [0.29, 0.717) is 28.2 Å². The number of nitrogens with two attached hydrogens (primary N) is 1. The summed E-state index contributed by atoms with van der Waals surface area (Å²) < 4.78 is 62.2. The number of nitrogens with zero attached hydrogens (tertiary/aromatic N) is 5. The molecule has 13 heteroatoms. The molecule has 1 atom stereocenters. The van der Waals surface area contributed by atoms with Crippen LogP contribution in [0.1, 0.15) is 27.6 Å². The standard InChI is InChI=1S/C29H21F4N7OS/c1-41-18-7-9-19(22(10-18)29(31,32)33)28(35)42-25(34)14-40-13-24-27(38-16-40)21(8-6-17-11-36-15-37-12-17)26(39-24)20-4-2-3-5-23(20)30/h2-5,7,9-13,15-16,28,34H,14,35H2,1H3. The van der Waals surface area contributed by atoms with Crippen molar-refractivity contribution >= 4 is 16.8 Å². The molecule has 5 rings (SSSR count). The summed E-state index contributed by atoms with van der Waals surface area (Å²) >= 11 is 0.777. The average molecular weight is 592 g/mol. The number of methoxy groups -OCH3 is 1. The smallest absolute Gasteiger partial charge is 0.416 e. The summed E-state index contributed by atoms with van der Waals surface area (Å²) in [6.45, 7) is -0.0386. The number of hydrogen-bond acceptors (Lipinski definition) is 8. The van der Waals surface area contributed by atoms with Crippen LogP contribution in [-0.2, 0) is 12.7 Å². The number of rotatable bonds is 6.